The maximum atomic E-state index is 14.2. The highest BCUT2D eigenvalue weighted by molar-refractivity contribution is 6.03. The van der Waals surface area contributed by atoms with Crippen molar-refractivity contribution in [3.8, 4) is 34.5 Å². The summed E-state index contributed by atoms with van der Waals surface area (Å²) in [6.45, 7) is 1.50. The molecular formula is C50H42O7. The average molecular weight is 755 g/mol. The number of hydrogen-bond acceptors (Lipinski definition) is 7. The molecule has 1 atom stereocenters. The van der Waals surface area contributed by atoms with Crippen molar-refractivity contribution in [2.24, 2.45) is 0 Å². The molecule has 0 saturated heterocycles. The van der Waals surface area contributed by atoms with E-state index < -0.39 is 6.10 Å². The molecule has 1 aliphatic heterocycles. The Morgan fingerprint density at radius 2 is 0.825 bits per heavy atom. The minimum absolute atomic E-state index is 0.0688. The second kappa shape index (κ2) is 18.1. The van der Waals surface area contributed by atoms with Crippen molar-refractivity contribution in [1.82, 2.24) is 0 Å². The zero-order valence-electron chi connectivity index (χ0n) is 31.4. The van der Waals surface area contributed by atoms with Crippen LogP contribution in [0.2, 0.25) is 0 Å². The molecule has 57 heavy (non-hydrogen) atoms. The number of fused-ring (bicyclic) bond motifs is 1. The van der Waals surface area contributed by atoms with Gasteiger partial charge in [0.1, 0.15) is 62.0 Å². The highest BCUT2D eigenvalue weighted by Crippen LogP contribution is 2.47. The Kier molecular flexibility index (Phi) is 11.7. The lowest BCUT2D eigenvalue weighted by molar-refractivity contribution is 0.0840. The van der Waals surface area contributed by atoms with Crippen molar-refractivity contribution < 1.29 is 33.2 Å². The molecule has 284 valence electrons. The quantitative estimate of drug-likeness (QED) is 0.0972. The van der Waals surface area contributed by atoms with Gasteiger partial charge >= 0.3 is 0 Å². The summed E-state index contributed by atoms with van der Waals surface area (Å²) in [5.41, 5.74) is 6.06. The summed E-state index contributed by atoms with van der Waals surface area (Å²) >= 11 is 0. The van der Waals surface area contributed by atoms with Gasteiger partial charge < -0.3 is 28.4 Å². The highest BCUT2D eigenvalue weighted by Gasteiger charge is 2.33. The first-order valence-corrected chi connectivity index (χ1v) is 19.0. The van der Waals surface area contributed by atoms with Crippen molar-refractivity contribution in [1.29, 1.82) is 0 Å². The summed E-state index contributed by atoms with van der Waals surface area (Å²) in [7, 11) is 0. The molecule has 7 aromatic rings. The predicted molar refractivity (Wildman–Crippen MR) is 219 cm³/mol. The van der Waals surface area contributed by atoms with Gasteiger partial charge in [0.2, 0.25) is 5.75 Å². The third-order valence-electron chi connectivity index (χ3n) is 9.56. The van der Waals surface area contributed by atoms with Gasteiger partial charge in [0.05, 0.1) is 6.42 Å². The van der Waals surface area contributed by atoms with Crippen LogP contribution < -0.4 is 28.4 Å². The molecule has 1 heterocycles. The topological polar surface area (TPSA) is 72.5 Å². The second-order valence-electron chi connectivity index (χ2n) is 13.7. The molecule has 7 nitrogen and oxygen atoms in total. The fourth-order valence-electron chi connectivity index (χ4n) is 6.60. The van der Waals surface area contributed by atoms with E-state index in [1.807, 2.05) is 164 Å². The second-order valence-corrected chi connectivity index (χ2v) is 13.7. The highest BCUT2D eigenvalue weighted by atomic mass is 16.5. The lowest BCUT2D eigenvalue weighted by Gasteiger charge is -2.28. The third kappa shape index (κ3) is 9.64. The van der Waals surface area contributed by atoms with E-state index in [9.17, 15) is 4.79 Å². The van der Waals surface area contributed by atoms with Crippen LogP contribution in [0.5, 0.6) is 34.5 Å². The minimum atomic E-state index is -0.669. The molecule has 7 heteroatoms. The molecule has 0 aliphatic carbocycles. The summed E-state index contributed by atoms with van der Waals surface area (Å²) < 4.78 is 38.9. The van der Waals surface area contributed by atoms with Crippen LogP contribution in [0, 0.1) is 0 Å². The number of rotatable bonds is 16. The first-order chi connectivity index (χ1) is 28.1. The Balaban J connectivity index is 1.15. The number of hydrogen-bond donors (Lipinski definition) is 0. The van der Waals surface area contributed by atoms with Crippen LogP contribution in [-0.4, -0.2) is 5.78 Å². The van der Waals surface area contributed by atoms with Crippen molar-refractivity contribution in [2.45, 2.75) is 45.6 Å². The summed E-state index contributed by atoms with van der Waals surface area (Å²) in [4.78, 5) is 14.2. The molecule has 0 N–H and O–H groups in total. The summed E-state index contributed by atoms with van der Waals surface area (Å²) in [6.07, 6.45) is -0.600. The molecule has 1 unspecified atom stereocenters. The maximum Gasteiger partial charge on any atom is 0.203 e. The van der Waals surface area contributed by atoms with E-state index in [-0.39, 0.29) is 18.8 Å². The lowest BCUT2D eigenvalue weighted by atomic mass is 9.95. The van der Waals surface area contributed by atoms with Gasteiger partial charge in [0, 0.05) is 17.7 Å². The summed E-state index contributed by atoms with van der Waals surface area (Å²) in [5, 5.41) is 0. The van der Waals surface area contributed by atoms with Crippen molar-refractivity contribution in [3.63, 3.8) is 0 Å². The molecule has 0 bridgehead atoms. The van der Waals surface area contributed by atoms with Crippen molar-refractivity contribution >= 4 is 5.78 Å². The largest absolute Gasteiger partial charge is 0.489 e. The number of ether oxygens (including phenoxy) is 6. The maximum absolute atomic E-state index is 14.2. The predicted octanol–water partition coefficient (Wildman–Crippen LogP) is 11.3. The van der Waals surface area contributed by atoms with Gasteiger partial charge in [-0.3, -0.25) is 4.79 Å². The lowest BCUT2D eigenvalue weighted by Crippen LogP contribution is -2.22. The number of benzene rings is 7. The smallest absolute Gasteiger partial charge is 0.203 e. The first kappa shape index (κ1) is 37.0. The molecule has 0 aromatic heterocycles. The van der Waals surface area contributed by atoms with E-state index in [1.165, 1.54) is 0 Å². The van der Waals surface area contributed by atoms with Crippen LogP contribution >= 0.6 is 0 Å². The Labute approximate surface area is 333 Å². The molecule has 0 spiro atoms. The molecule has 0 fully saturated rings. The van der Waals surface area contributed by atoms with Gasteiger partial charge in [0.15, 0.2) is 17.3 Å². The Morgan fingerprint density at radius 1 is 0.439 bits per heavy atom. The number of carbonyl (C=O) groups is 1. The summed E-state index contributed by atoms with van der Waals surface area (Å²) in [5.74, 6) is 2.62. The fraction of sp³-hybridized carbons (Fsp3) is 0.140. The SMILES string of the molecule is O=C1CC(c2cc(OCc3ccccc3)c(OCc3ccccc3)c(OCc3ccccc3)c2)Oc2cc(OCc3ccccc3)cc(OCc3ccccc3)c21. The third-order valence-corrected chi connectivity index (χ3v) is 9.56. The number of Topliss-reactive ketones (excluding diaryl/α,β-unsaturated/α-hetero) is 1. The van der Waals surface area contributed by atoms with Crippen LogP contribution in [0.1, 0.15) is 56.3 Å². The van der Waals surface area contributed by atoms with Crippen molar-refractivity contribution in [3.05, 3.63) is 215 Å². The monoisotopic (exact) mass is 754 g/mol. The fourth-order valence-corrected chi connectivity index (χ4v) is 6.60. The number of carbonyl (C=O) groups excluding carboxylic acids is 1. The molecule has 8 rings (SSSR count). The zero-order chi connectivity index (χ0) is 38.7. The van der Waals surface area contributed by atoms with Crippen LogP contribution in [0.15, 0.2) is 176 Å². The van der Waals surface area contributed by atoms with E-state index in [4.69, 9.17) is 28.4 Å². The van der Waals surface area contributed by atoms with Crippen LogP contribution in [0.25, 0.3) is 0 Å². The van der Waals surface area contributed by atoms with Crippen LogP contribution in [0.4, 0.5) is 0 Å². The van der Waals surface area contributed by atoms with E-state index in [0.717, 1.165) is 27.8 Å². The van der Waals surface area contributed by atoms with E-state index >= 15 is 0 Å². The first-order valence-electron chi connectivity index (χ1n) is 19.0. The van der Waals surface area contributed by atoms with E-state index in [2.05, 4.69) is 0 Å². The van der Waals surface area contributed by atoms with E-state index in [0.29, 0.717) is 72.1 Å². The van der Waals surface area contributed by atoms with Gasteiger partial charge in [-0.25, -0.2) is 0 Å². The Bertz CT molecular complexity index is 2300. The van der Waals surface area contributed by atoms with Gasteiger partial charge in [0.25, 0.3) is 0 Å². The van der Waals surface area contributed by atoms with Crippen molar-refractivity contribution in [2.75, 3.05) is 0 Å². The average Bonchev–Trinajstić information content (AvgIpc) is 3.27. The molecular weight excluding hydrogens is 713 g/mol. The Morgan fingerprint density at radius 3 is 1.26 bits per heavy atom. The standard InChI is InChI=1S/C50H42O7/c51-43-30-44(57-46-29-42(52-31-36-16-6-1-7-17-36)28-45(49(43)46)53-32-37-18-8-2-9-19-37)41-26-47(54-33-38-20-10-3-11-21-38)50(56-35-40-24-14-5-15-25-40)48(27-41)55-34-39-22-12-4-13-23-39/h1-29,44H,30-35H2. The van der Waals surface area contributed by atoms with Gasteiger partial charge in [-0.1, -0.05) is 152 Å². The van der Waals surface area contributed by atoms with Gasteiger partial charge in [-0.15, -0.1) is 0 Å². The molecule has 0 saturated carbocycles. The zero-order valence-corrected chi connectivity index (χ0v) is 31.4. The minimum Gasteiger partial charge on any atom is -0.489 e. The molecule has 1 aliphatic rings. The van der Waals surface area contributed by atoms with Gasteiger partial charge in [-0.05, 0) is 39.9 Å². The molecule has 0 radical (unpaired) electrons. The van der Waals surface area contributed by atoms with Crippen LogP contribution in [0.3, 0.4) is 0 Å². The number of ketones is 1. The summed E-state index contributed by atoms with van der Waals surface area (Å²) in [6, 6.07) is 56.9. The van der Waals surface area contributed by atoms with E-state index in [1.54, 1.807) is 12.1 Å². The van der Waals surface area contributed by atoms with Crippen LogP contribution in [-0.2, 0) is 33.0 Å². The molecule has 0 amide bonds. The Hall–Kier alpha value is -6.99. The molecule has 7 aromatic carbocycles. The normalized spacial score (nSPS) is 13.2. The van der Waals surface area contributed by atoms with Gasteiger partial charge in [-0.2, -0.15) is 0 Å².